The largest absolute Gasteiger partial charge is 0.367 e. The van der Waals surface area contributed by atoms with E-state index in [1.54, 1.807) is 0 Å². The lowest BCUT2D eigenvalue weighted by molar-refractivity contribution is -0.181. The van der Waals surface area contributed by atoms with E-state index < -0.39 is 19.6 Å². The summed E-state index contributed by atoms with van der Waals surface area (Å²) in [5, 5.41) is 0. The van der Waals surface area contributed by atoms with Crippen LogP contribution in [0.2, 0.25) is 0 Å². The molecule has 17 heavy (non-hydrogen) atoms. The van der Waals surface area contributed by atoms with Gasteiger partial charge in [-0.15, -0.1) is 0 Å². The van der Waals surface area contributed by atoms with E-state index in [9.17, 15) is 4.89 Å². The summed E-state index contributed by atoms with van der Waals surface area (Å²) in [6.45, 7) is 8.14. The van der Waals surface area contributed by atoms with E-state index in [-0.39, 0.29) is 18.3 Å². The van der Waals surface area contributed by atoms with Gasteiger partial charge < -0.3 is 18.9 Å². The standard InChI is InChI=1S/C12H23O4P/c1-7(2)6-12-9(4)14-10(8(3)15-12)11(12)16-17(5)13/h7-11,13,17H,5-6H2,1-4H3/t8-,9?,10-,11-,12-/m0/s1/i17T. The Bertz CT molecular complexity index is 369. The predicted octanol–water partition coefficient (Wildman–Crippen LogP) is 1.83. The van der Waals surface area contributed by atoms with Crippen molar-refractivity contribution in [1.82, 2.24) is 0 Å². The Morgan fingerprint density at radius 1 is 1.59 bits per heavy atom. The van der Waals surface area contributed by atoms with Crippen molar-refractivity contribution in [3.05, 3.63) is 0 Å². The highest BCUT2D eigenvalue weighted by Gasteiger charge is 2.64. The summed E-state index contributed by atoms with van der Waals surface area (Å²) in [5.41, 5.74) is -0.551. The summed E-state index contributed by atoms with van der Waals surface area (Å²) in [7, 11) is -3.30. The van der Waals surface area contributed by atoms with Gasteiger partial charge in [-0.2, -0.15) is 0 Å². The molecule has 0 aromatic heterocycles. The third-order valence-corrected chi connectivity index (χ3v) is 4.13. The zero-order chi connectivity index (χ0) is 13.7. The Morgan fingerprint density at radius 2 is 2.24 bits per heavy atom. The third-order valence-electron chi connectivity index (χ3n) is 3.66. The van der Waals surface area contributed by atoms with Crippen molar-refractivity contribution in [2.45, 2.75) is 64.1 Å². The fraction of sp³-hybridized carbons (Fsp3) is 0.917. The van der Waals surface area contributed by atoms with Crippen LogP contribution in [-0.4, -0.2) is 42.5 Å². The van der Waals surface area contributed by atoms with Gasteiger partial charge in [0.2, 0.25) is 0 Å². The quantitative estimate of drug-likeness (QED) is 0.787. The van der Waals surface area contributed by atoms with E-state index in [0.29, 0.717) is 5.92 Å². The monoisotopic (exact) mass is 264 g/mol. The van der Waals surface area contributed by atoms with Gasteiger partial charge in [0.25, 0.3) is 0 Å². The normalized spacial score (nSPS) is 49.4. The maximum absolute atomic E-state index is 9.60. The van der Waals surface area contributed by atoms with Gasteiger partial charge in [-0.25, -0.2) is 0 Å². The second-order valence-corrected chi connectivity index (χ2v) is 6.41. The molecule has 0 saturated carbocycles. The number of hydrogen-bond donors (Lipinski definition) is 1. The lowest BCUT2D eigenvalue weighted by Gasteiger charge is -2.37. The lowest BCUT2D eigenvalue weighted by Crippen LogP contribution is -2.47. The van der Waals surface area contributed by atoms with Crippen molar-refractivity contribution < 1.29 is 18.9 Å². The van der Waals surface area contributed by atoms with Crippen LogP contribution < -0.4 is 0 Å². The van der Waals surface area contributed by atoms with E-state index in [1.807, 2.05) is 13.8 Å². The Labute approximate surface area is 105 Å². The van der Waals surface area contributed by atoms with Crippen LogP contribution in [0.15, 0.2) is 0 Å². The summed E-state index contributed by atoms with van der Waals surface area (Å²) in [5.74, 6) is 0.424. The SMILES string of the molecule is [3H]P(=C)(O)O[C@H]1[C@H]2OC(C)[C@]1(CC(C)C)O[C@H]2C. The number of ether oxygens (including phenoxy) is 2. The predicted molar refractivity (Wildman–Crippen MR) is 69.6 cm³/mol. The minimum absolute atomic E-state index is 0.0727. The van der Waals surface area contributed by atoms with Crippen LogP contribution in [0.3, 0.4) is 0 Å². The van der Waals surface area contributed by atoms with Gasteiger partial charge in [0, 0.05) is 0 Å². The zero-order valence-electron chi connectivity index (χ0n) is 11.9. The average molecular weight is 264 g/mol. The Balaban J connectivity index is 2.28. The molecule has 2 heterocycles. The van der Waals surface area contributed by atoms with Crippen molar-refractivity contribution in [3.63, 3.8) is 0 Å². The van der Waals surface area contributed by atoms with Crippen LogP contribution in [0.5, 0.6) is 0 Å². The first kappa shape index (κ1) is 12.2. The van der Waals surface area contributed by atoms with E-state index in [4.69, 9.17) is 15.3 Å². The third kappa shape index (κ3) is 2.22. The van der Waals surface area contributed by atoms with Gasteiger partial charge >= 0.3 is 0 Å². The Hall–Kier alpha value is 0.140. The van der Waals surface area contributed by atoms with E-state index >= 15 is 0 Å². The minimum atomic E-state index is -3.30. The van der Waals surface area contributed by atoms with Crippen LogP contribution in [0.1, 0.15) is 34.1 Å². The van der Waals surface area contributed by atoms with Crippen molar-refractivity contribution in [2.75, 3.05) is 0 Å². The molecule has 100 valence electrons. The summed E-state index contributed by atoms with van der Waals surface area (Å²) in [6, 6.07) is 0. The maximum Gasteiger partial charge on any atom is 0.124 e. The van der Waals surface area contributed by atoms with Gasteiger partial charge in [-0.1, -0.05) is 20.1 Å². The van der Waals surface area contributed by atoms with Gasteiger partial charge in [0.05, 0.1) is 12.2 Å². The Kier molecular flexibility index (Phi) is 3.35. The first-order valence-electron chi connectivity index (χ1n) is 6.61. The molecule has 2 bridgehead atoms. The van der Waals surface area contributed by atoms with Crippen LogP contribution in [0.25, 0.3) is 0 Å². The molecule has 0 spiro atoms. The highest BCUT2D eigenvalue weighted by atomic mass is 31.1. The molecule has 4 nitrogen and oxygen atoms in total. The maximum atomic E-state index is 9.60. The van der Waals surface area contributed by atoms with E-state index in [2.05, 4.69) is 20.1 Å². The highest BCUT2D eigenvalue weighted by Crippen LogP contribution is 2.51. The molecule has 2 aliphatic rings. The highest BCUT2D eigenvalue weighted by molar-refractivity contribution is 7.44. The molecule has 0 amide bonds. The second-order valence-electron chi connectivity index (χ2n) is 5.50. The van der Waals surface area contributed by atoms with Crippen molar-refractivity contribution in [3.8, 4) is 0 Å². The minimum Gasteiger partial charge on any atom is -0.367 e. The number of rotatable bonds is 4. The van der Waals surface area contributed by atoms with Gasteiger partial charge in [-0.3, -0.25) is 0 Å². The molecule has 2 rings (SSSR count). The zero-order valence-corrected chi connectivity index (χ0v) is 11.8. The molecule has 5 heteroatoms. The van der Waals surface area contributed by atoms with Crippen LogP contribution in [-0.2, 0) is 14.0 Å². The molecule has 0 aliphatic carbocycles. The van der Waals surface area contributed by atoms with Crippen molar-refractivity contribution >= 4 is 14.2 Å². The van der Waals surface area contributed by atoms with Crippen LogP contribution in [0, 0.1) is 5.92 Å². The van der Waals surface area contributed by atoms with Gasteiger partial charge in [0.15, 0.2) is 0 Å². The van der Waals surface area contributed by atoms with Crippen LogP contribution >= 0.6 is 7.94 Å². The molecule has 6 atom stereocenters. The smallest absolute Gasteiger partial charge is 0.124 e. The molecular formula is C12H23O4P. The fourth-order valence-corrected chi connectivity index (χ4v) is 3.67. The van der Waals surface area contributed by atoms with Gasteiger partial charge in [0.1, 0.15) is 27.0 Å². The van der Waals surface area contributed by atoms with Crippen molar-refractivity contribution in [1.29, 1.82) is 1.28 Å². The molecule has 0 aromatic rings. The molecule has 1 N–H and O–H groups in total. The molecule has 0 aromatic carbocycles. The molecule has 2 unspecified atom stereocenters. The lowest BCUT2D eigenvalue weighted by atomic mass is 9.85. The van der Waals surface area contributed by atoms with Crippen LogP contribution in [0.4, 0.5) is 0 Å². The summed E-state index contributed by atoms with van der Waals surface area (Å²) in [4.78, 5) is 9.60. The molecule has 2 fully saturated rings. The summed E-state index contributed by atoms with van der Waals surface area (Å²) < 4.78 is 25.0. The molecule has 2 aliphatic heterocycles. The fourth-order valence-electron chi connectivity index (χ4n) is 3.11. The summed E-state index contributed by atoms with van der Waals surface area (Å²) >= 11 is 0. The molecule has 2 saturated heterocycles. The first-order valence-corrected chi connectivity index (χ1v) is 7.56. The molecular weight excluding hydrogens is 239 g/mol. The summed E-state index contributed by atoms with van der Waals surface area (Å²) in [6.07, 6.45) is 3.42. The number of fused-ring (bicyclic) bond motifs is 2. The molecule has 0 radical (unpaired) electrons. The Morgan fingerprint density at radius 3 is 2.76 bits per heavy atom. The number of hydrogen-bond acceptors (Lipinski definition) is 4. The topological polar surface area (TPSA) is 47.9 Å². The van der Waals surface area contributed by atoms with Gasteiger partial charge in [-0.05, 0) is 26.2 Å². The first-order chi connectivity index (χ1) is 8.16. The van der Waals surface area contributed by atoms with E-state index in [0.717, 1.165) is 6.42 Å². The van der Waals surface area contributed by atoms with E-state index in [1.165, 1.54) is 0 Å². The average Bonchev–Trinajstić information content (AvgIpc) is 2.51. The second kappa shape index (κ2) is 4.67. The van der Waals surface area contributed by atoms with Crippen molar-refractivity contribution in [2.24, 2.45) is 5.92 Å².